The Morgan fingerprint density at radius 1 is 1.31 bits per heavy atom. The van der Waals surface area contributed by atoms with E-state index in [-0.39, 0.29) is 17.7 Å². The minimum atomic E-state index is 0.0429. The molecule has 2 saturated heterocycles. The molecule has 2 aliphatic rings. The summed E-state index contributed by atoms with van der Waals surface area (Å²) in [4.78, 5) is 26.8. The Kier molecular flexibility index (Phi) is 4.06. The maximum atomic E-state index is 11.9. The molecule has 0 aliphatic carbocycles. The molecule has 0 aromatic heterocycles. The van der Waals surface area contributed by atoms with E-state index in [9.17, 15) is 9.59 Å². The van der Waals surface area contributed by atoms with Crippen LogP contribution in [0.25, 0.3) is 0 Å². The highest BCUT2D eigenvalue weighted by Gasteiger charge is 2.25. The van der Waals surface area contributed by atoms with Crippen LogP contribution >= 0.6 is 11.8 Å². The maximum absolute atomic E-state index is 11.9. The summed E-state index contributed by atoms with van der Waals surface area (Å²) in [6.45, 7) is 4.36. The van der Waals surface area contributed by atoms with Crippen molar-refractivity contribution in [2.24, 2.45) is 0 Å². The molecule has 6 heteroatoms. The van der Waals surface area contributed by atoms with E-state index < -0.39 is 0 Å². The first-order valence-electron chi connectivity index (χ1n) is 5.67. The van der Waals surface area contributed by atoms with Gasteiger partial charge in [0.25, 0.3) is 5.24 Å². The first-order chi connectivity index (χ1) is 7.77. The maximum Gasteiger partial charge on any atom is 0.282 e. The van der Waals surface area contributed by atoms with E-state index in [0.29, 0.717) is 6.54 Å². The van der Waals surface area contributed by atoms with E-state index in [0.717, 1.165) is 38.4 Å². The lowest BCUT2D eigenvalue weighted by Gasteiger charge is -2.23. The van der Waals surface area contributed by atoms with Crippen molar-refractivity contribution in [2.45, 2.75) is 6.42 Å². The monoisotopic (exact) mass is 243 g/mol. The van der Waals surface area contributed by atoms with Gasteiger partial charge in [-0.2, -0.15) is 0 Å². The minimum absolute atomic E-state index is 0.0429. The van der Waals surface area contributed by atoms with Crippen molar-refractivity contribution in [3.8, 4) is 0 Å². The van der Waals surface area contributed by atoms with Crippen LogP contribution in [0, 0.1) is 0 Å². The summed E-state index contributed by atoms with van der Waals surface area (Å²) in [5.41, 5.74) is 0. The molecule has 2 aliphatic heterocycles. The standard InChI is InChI=1S/C10H17N3O2S/c14-9(8-13-6-7-16-10(13)15)12-4-1-2-11-3-5-12/h11H,1-8H2. The number of hydrogen-bond acceptors (Lipinski definition) is 4. The molecule has 0 radical (unpaired) electrons. The SMILES string of the molecule is O=C(CN1CCSC1=O)N1CCCNCC1. The van der Waals surface area contributed by atoms with Crippen molar-refractivity contribution in [2.75, 3.05) is 45.0 Å². The summed E-state index contributed by atoms with van der Waals surface area (Å²) in [5, 5.41) is 3.30. The Morgan fingerprint density at radius 3 is 2.94 bits per heavy atom. The van der Waals surface area contributed by atoms with E-state index in [1.165, 1.54) is 11.8 Å². The summed E-state index contributed by atoms with van der Waals surface area (Å²) in [5.74, 6) is 0.896. The van der Waals surface area contributed by atoms with E-state index in [1.54, 1.807) is 4.90 Å². The number of carbonyl (C=O) groups is 2. The van der Waals surface area contributed by atoms with Gasteiger partial charge < -0.3 is 15.1 Å². The van der Waals surface area contributed by atoms with Gasteiger partial charge in [-0.05, 0) is 13.0 Å². The molecule has 90 valence electrons. The molecule has 0 unspecified atom stereocenters. The minimum Gasteiger partial charge on any atom is -0.340 e. The van der Waals surface area contributed by atoms with Crippen LogP contribution in [0.2, 0.25) is 0 Å². The van der Waals surface area contributed by atoms with Gasteiger partial charge in [0.15, 0.2) is 0 Å². The van der Waals surface area contributed by atoms with Crippen LogP contribution < -0.4 is 5.32 Å². The number of nitrogens with zero attached hydrogens (tertiary/aromatic N) is 2. The Hall–Kier alpha value is -0.750. The number of amides is 2. The molecule has 2 heterocycles. The van der Waals surface area contributed by atoms with E-state index in [4.69, 9.17) is 0 Å². The van der Waals surface area contributed by atoms with E-state index in [2.05, 4.69) is 5.32 Å². The van der Waals surface area contributed by atoms with Crippen LogP contribution in [0.4, 0.5) is 4.79 Å². The summed E-state index contributed by atoms with van der Waals surface area (Å²) in [6.07, 6.45) is 0.994. The lowest BCUT2D eigenvalue weighted by Crippen LogP contribution is -2.41. The second kappa shape index (κ2) is 5.54. The van der Waals surface area contributed by atoms with Crippen molar-refractivity contribution in [3.05, 3.63) is 0 Å². The molecular weight excluding hydrogens is 226 g/mol. The molecule has 0 aromatic rings. The Bertz CT molecular complexity index is 277. The van der Waals surface area contributed by atoms with Gasteiger partial charge in [0.1, 0.15) is 6.54 Å². The van der Waals surface area contributed by atoms with Crippen LogP contribution in [0.1, 0.15) is 6.42 Å². The Morgan fingerprint density at radius 2 is 2.19 bits per heavy atom. The van der Waals surface area contributed by atoms with Crippen molar-refractivity contribution in [1.29, 1.82) is 0 Å². The molecule has 2 rings (SSSR count). The fraction of sp³-hybridized carbons (Fsp3) is 0.800. The quantitative estimate of drug-likeness (QED) is 0.740. The van der Waals surface area contributed by atoms with Crippen LogP contribution in [0.3, 0.4) is 0 Å². The molecular formula is C10H17N3O2S. The fourth-order valence-corrected chi connectivity index (χ4v) is 2.75. The van der Waals surface area contributed by atoms with Gasteiger partial charge in [-0.3, -0.25) is 9.59 Å². The molecule has 0 spiro atoms. The largest absolute Gasteiger partial charge is 0.340 e. The number of thioether (sulfide) groups is 1. The van der Waals surface area contributed by atoms with Gasteiger partial charge in [0, 0.05) is 31.9 Å². The van der Waals surface area contributed by atoms with Crippen molar-refractivity contribution < 1.29 is 9.59 Å². The second-order valence-electron chi connectivity index (χ2n) is 4.02. The Labute approximate surface area is 99.5 Å². The van der Waals surface area contributed by atoms with Crippen LogP contribution in [-0.4, -0.2) is 66.0 Å². The number of hydrogen-bond donors (Lipinski definition) is 1. The predicted octanol–water partition coefficient (Wildman–Crippen LogP) is -0.0229. The third-order valence-corrected chi connectivity index (χ3v) is 3.76. The van der Waals surface area contributed by atoms with Crippen LogP contribution in [0.15, 0.2) is 0 Å². The number of nitrogens with one attached hydrogen (secondary N) is 1. The van der Waals surface area contributed by atoms with E-state index in [1.807, 2.05) is 4.90 Å². The van der Waals surface area contributed by atoms with Gasteiger partial charge in [-0.15, -0.1) is 0 Å². The highest BCUT2D eigenvalue weighted by molar-refractivity contribution is 8.13. The summed E-state index contributed by atoms with van der Waals surface area (Å²) >= 11 is 1.30. The summed E-state index contributed by atoms with van der Waals surface area (Å²) < 4.78 is 0. The number of carbonyl (C=O) groups excluding carboxylic acids is 2. The second-order valence-corrected chi connectivity index (χ2v) is 5.07. The molecule has 1 N–H and O–H groups in total. The third-order valence-electron chi connectivity index (χ3n) is 2.86. The van der Waals surface area contributed by atoms with Gasteiger partial charge in [-0.1, -0.05) is 11.8 Å². The topological polar surface area (TPSA) is 52.7 Å². The van der Waals surface area contributed by atoms with Crippen molar-refractivity contribution in [1.82, 2.24) is 15.1 Å². The highest BCUT2D eigenvalue weighted by Crippen LogP contribution is 2.16. The zero-order chi connectivity index (χ0) is 11.4. The summed E-state index contributed by atoms with van der Waals surface area (Å²) in [7, 11) is 0. The van der Waals surface area contributed by atoms with E-state index >= 15 is 0 Å². The van der Waals surface area contributed by atoms with Crippen molar-refractivity contribution >= 4 is 22.9 Å². The van der Waals surface area contributed by atoms with Crippen LogP contribution in [0.5, 0.6) is 0 Å². The molecule has 2 amide bonds. The zero-order valence-electron chi connectivity index (χ0n) is 9.28. The average molecular weight is 243 g/mol. The molecule has 0 bridgehead atoms. The lowest BCUT2D eigenvalue weighted by molar-refractivity contribution is -0.131. The third kappa shape index (κ3) is 2.89. The Balaban J connectivity index is 1.84. The van der Waals surface area contributed by atoms with Gasteiger partial charge >= 0.3 is 0 Å². The average Bonchev–Trinajstić information content (AvgIpc) is 2.57. The number of rotatable bonds is 2. The molecule has 5 nitrogen and oxygen atoms in total. The van der Waals surface area contributed by atoms with Crippen molar-refractivity contribution in [3.63, 3.8) is 0 Å². The zero-order valence-corrected chi connectivity index (χ0v) is 10.1. The highest BCUT2D eigenvalue weighted by atomic mass is 32.2. The normalized spacial score (nSPS) is 22.4. The molecule has 0 saturated carbocycles. The first-order valence-corrected chi connectivity index (χ1v) is 6.66. The predicted molar refractivity (Wildman–Crippen MR) is 63.5 cm³/mol. The molecule has 0 atom stereocenters. The molecule has 0 aromatic carbocycles. The van der Waals surface area contributed by atoms with Gasteiger partial charge in [0.2, 0.25) is 5.91 Å². The summed E-state index contributed by atoms with van der Waals surface area (Å²) in [6, 6.07) is 0. The smallest absolute Gasteiger partial charge is 0.282 e. The fourth-order valence-electron chi connectivity index (χ4n) is 1.93. The molecule has 2 fully saturated rings. The van der Waals surface area contributed by atoms with Crippen LogP contribution in [-0.2, 0) is 4.79 Å². The molecule has 16 heavy (non-hydrogen) atoms. The first kappa shape index (κ1) is 11.7. The lowest BCUT2D eigenvalue weighted by atomic mass is 10.3. The van der Waals surface area contributed by atoms with Gasteiger partial charge in [-0.25, -0.2) is 0 Å². The van der Waals surface area contributed by atoms with Gasteiger partial charge in [0.05, 0.1) is 0 Å².